The lowest BCUT2D eigenvalue weighted by atomic mass is 9.99. The monoisotopic (exact) mass is 344 g/mol. The summed E-state index contributed by atoms with van der Waals surface area (Å²) in [6.45, 7) is 3.79. The van der Waals surface area contributed by atoms with Gasteiger partial charge in [0, 0.05) is 17.3 Å². The van der Waals surface area contributed by atoms with Gasteiger partial charge < -0.3 is 15.0 Å². The van der Waals surface area contributed by atoms with Gasteiger partial charge in [0.15, 0.2) is 0 Å². The Morgan fingerprint density at radius 1 is 1.21 bits per heavy atom. The zero-order valence-corrected chi connectivity index (χ0v) is 14.1. The molecule has 1 N–H and O–H groups in total. The molecule has 6 heteroatoms. The van der Waals surface area contributed by atoms with E-state index in [2.05, 4.69) is 5.32 Å². The molecule has 0 aliphatic carbocycles. The molecule has 5 nitrogen and oxygen atoms in total. The van der Waals surface area contributed by atoms with Crippen molar-refractivity contribution in [1.29, 1.82) is 0 Å². The van der Waals surface area contributed by atoms with Crippen LogP contribution in [0.25, 0.3) is 0 Å². The summed E-state index contributed by atoms with van der Waals surface area (Å²) in [7, 11) is 0. The van der Waals surface area contributed by atoms with Crippen molar-refractivity contribution in [2.24, 2.45) is 0 Å². The van der Waals surface area contributed by atoms with Crippen molar-refractivity contribution in [3.05, 3.63) is 53.6 Å². The van der Waals surface area contributed by atoms with Crippen molar-refractivity contribution in [3.8, 4) is 5.75 Å². The Kier molecular flexibility index (Phi) is 4.20. The fraction of sp³-hybridized carbons (Fsp3) is 0.222. The van der Waals surface area contributed by atoms with Crippen LogP contribution in [-0.4, -0.2) is 24.0 Å². The molecular weight excluding hydrogens is 328 g/mol. The molecule has 124 valence electrons. The highest BCUT2D eigenvalue weighted by molar-refractivity contribution is 6.30. The van der Waals surface area contributed by atoms with Crippen molar-refractivity contribution >= 4 is 34.8 Å². The molecule has 0 saturated carbocycles. The van der Waals surface area contributed by atoms with Gasteiger partial charge in [-0.3, -0.25) is 9.59 Å². The summed E-state index contributed by atoms with van der Waals surface area (Å²) in [5.41, 5.74) is -0.421. The predicted molar refractivity (Wildman–Crippen MR) is 93.6 cm³/mol. The first-order valence-corrected chi connectivity index (χ1v) is 8.00. The Hall–Kier alpha value is -2.53. The minimum atomic E-state index is -1.63. The molecule has 3 rings (SSSR count). The summed E-state index contributed by atoms with van der Waals surface area (Å²) in [4.78, 5) is 27.1. The number of hydrogen-bond acceptors (Lipinski definition) is 3. The number of likely N-dealkylation sites (N-methyl/N-ethyl adjacent to an activating group) is 1. The third-order valence-corrected chi connectivity index (χ3v) is 4.23. The van der Waals surface area contributed by atoms with Crippen LogP contribution in [0.15, 0.2) is 48.5 Å². The van der Waals surface area contributed by atoms with Crippen LogP contribution in [0.2, 0.25) is 5.02 Å². The van der Waals surface area contributed by atoms with E-state index < -0.39 is 17.4 Å². The van der Waals surface area contributed by atoms with Crippen LogP contribution in [0, 0.1) is 0 Å². The van der Waals surface area contributed by atoms with Crippen LogP contribution in [0.3, 0.4) is 0 Å². The third-order valence-electron chi connectivity index (χ3n) is 3.98. The first-order valence-electron chi connectivity index (χ1n) is 7.62. The Bertz CT molecular complexity index is 791. The maximum atomic E-state index is 12.8. The van der Waals surface area contributed by atoms with Crippen LogP contribution < -0.4 is 15.0 Å². The average molecular weight is 345 g/mol. The fourth-order valence-electron chi connectivity index (χ4n) is 2.64. The fourth-order valence-corrected chi connectivity index (χ4v) is 2.76. The Morgan fingerprint density at radius 2 is 1.88 bits per heavy atom. The standard InChI is InChI=1S/C18H17ClN2O3/c1-3-21-14-6-4-5-7-15(14)24-18(2,17(21)23)16(22)20-13-10-8-12(19)9-11-13/h4-11H,3H2,1-2H3,(H,20,22). The predicted octanol–water partition coefficient (Wildman–Crippen LogP) is 3.48. The number of rotatable bonds is 3. The van der Waals surface area contributed by atoms with Gasteiger partial charge in [-0.15, -0.1) is 0 Å². The molecule has 1 aliphatic heterocycles. The number of nitrogens with zero attached hydrogens (tertiary/aromatic N) is 1. The van der Waals surface area contributed by atoms with E-state index in [1.54, 1.807) is 47.4 Å². The number of anilines is 2. The summed E-state index contributed by atoms with van der Waals surface area (Å²) in [5, 5.41) is 3.28. The maximum absolute atomic E-state index is 12.8. The number of carbonyl (C=O) groups excluding carboxylic acids is 2. The van der Waals surface area contributed by atoms with Gasteiger partial charge in [-0.2, -0.15) is 0 Å². The van der Waals surface area contributed by atoms with E-state index in [-0.39, 0.29) is 0 Å². The van der Waals surface area contributed by atoms with Gasteiger partial charge in [-0.25, -0.2) is 0 Å². The molecule has 2 aromatic rings. The van der Waals surface area contributed by atoms with Crippen LogP contribution in [0.5, 0.6) is 5.75 Å². The van der Waals surface area contributed by atoms with Crippen molar-refractivity contribution in [2.75, 3.05) is 16.8 Å². The molecule has 2 amide bonds. The molecule has 0 aromatic heterocycles. The molecule has 1 atom stereocenters. The van der Waals surface area contributed by atoms with Gasteiger partial charge in [0.2, 0.25) is 0 Å². The highest BCUT2D eigenvalue weighted by atomic mass is 35.5. The Labute approximate surface area is 145 Å². The second-order valence-corrected chi connectivity index (χ2v) is 6.05. The molecule has 1 unspecified atom stereocenters. The number of carbonyl (C=O) groups is 2. The highest BCUT2D eigenvalue weighted by Crippen LogP contribution is 2.37. The summed E-state index contributed by atoms with van der Waals surface area (Å²) >= 11 is 5.84. The summed E-state index contributed by atoms with van der Waals surface area (Å²) in [6, 6.07) is 13.8. The van der Waals surface area contributed by atoms with Gasteiger partial charge in [-0.1, -0.05) is 23.7 Å². The van der Waals surface area contributed by atoms with E-state index >= 15 is 0 Å². The quantitative estimate of drug-likeness (QED) is 0.867. The van der Waals surface area contributed by atoms with Crippen molar-refractivity contribution < 1.29 is 14.3 Å². The van der Waals surface area contributed by atoms with Crippen LogP contribution in [0.1, 0.15) is 13.8 Å². The number of hydrogen-bond donors (Lipinski definition) is 1. The van der Waals surface area contributed by atoms with Gasteiger partial charge in [0.25, 0.3) is 17.4 Å². The summed E-state index contributed by atoms with van der Waals surface area (Å²) < 4.78 is 5.79. The normalized spacial score (nSPS) is 19.5. The largest absolute Gasteiger partial charge is 0.465 e. The van der Waals surface area contributed by atoms with Gasteiger partial charge in [0.1, 0.15) is 5.75 Å². The second-order valence-electron chi connectivity index (χ2n) is 5.61. The van der Waals surface area contributed by atoms with Crippen LogP contribution >= 0.6 is 11.6 Å². The summed E-state index contributed by atoms with van der Waals surface area (Å²) in [6.07, 6.45) is 0. The molecule has 2 aromatic carbocycles. The first-order chi connectivity index (χ1) is 11.5. The molecule has 1 aliphatic rings. The van der Waals surface area contributed by atoms with Crippen LogP contribution in [-0.2, 0) is 9.59 Å². The lowest BCUT2D eigenvalue weighted by Gasteiger charge is -2.39. The first kappa shape index (κ1) is 16.3. The van der Waals surface area contributed by atoms with E-state index in [0.29, 0.717) is 28.7 Å². The minimum Gasteiger partial charge on any atom is -0.465 e. The second kappa shape index (κ2) is 6.17. The Morgan fingerprint density at radius 3 is 2.54 bits per heavy atom. The zero-order chi connectivity index (χ0) is 17.3. The SMILES string of the molecule is CCN1C(=O)C(C)(C(=O)Nc2ccc(Cl)cc2)Oc2ccccc21. The van der Waals surface area contributed by atoms with E-state index in [4.69, 9.17) is 16.3 Å². The molecule has 0 saturated heterocycles. The molecule has 24 heavy (non-hydrogen) atoms. The molecule has 0 bridgehead atoms. The maximum Gasteiger partial charge on any atom is 0.280 e. The summed E-state index contributed by atoms with van der Waals surface area (Å²) in [5.74, 6) is -0.411. The number of amides is 2. The zero-order valence-electron chi connectivity index (χ0n) is 13.4. The minimum absolute atomic E-state index is 0.393. The van der Waals surface area contributed by atoms with Gasteiger partial charge >= 0.3 is 0 Å². The van der Waals surface area contributed by atoms with Gasteiger partial charge in [-0.05, 0) is 50.2 Å². The van der Waals surface area contributed by atoms with Gasteiger partial charge in [0.05, 0.1) is 5.69 Å². The Balaban J connectivity index is 1.92. The average Bonchev–Trinajstić information content (AvgIpc) is 2.58. The lowest BCUT2D eigenvalue weighted by Crippen LogP contribution is -2.60. The smallest absolute Gasteiger partial charge is 0.280 e. The molecule has 0 radical (unpaired) electrons. The van der Waals surface area contributed by atoms with E-state index in [1.165, 1.54) is 6.92 Å². The number of benzene rings is 2. The highest BCUT2D eigenvalue weighted by Gasteiger charge is 2.50. The molecule has 0 fully saturated rings. The number of ether oxygens (including phenoxy) is 1. The van der Waals surface area contributed by atoms with Crippen LogP contribution in [0.4, 0.5) is 11.4 Å². The third kappa shape index (κ3) is 2.71. The molecular formula is C18H17ClN2O3. The number of fused-ring (bicyclic) bond motifs is 1. The number of nitrogens with one attached hydrogen (secondary N) is 1. The van der Waals surface area contributed by atoms with E-state index in [0.717, 1.165) is 0 Å². The molecule has 1 heterocycles. The molecule has 0 spiro atoms. The number of halogens is 1. The van der Waals surface area contributed by atoms with Crippen molar-refractivity contribution in [1.82, 2.24) is 0 Å². The van der Waals surface area contributed by atoms with Crippen molar-refractivity contribution in [3.63, 3.8) is 0 Å². The number of para-hydroxylation sites is 2. The van der Waals surface area contributed by atoms with E-state index in [9.17, 15) is 9.59 Å². The van der Waals surface area contributed by atoms with Crippen molar-refractivity contribution in [2.45, 2.75) is 19.4 Å². The topological polar surface area (TPSA) is 58.6 Å². The van der Waals surface area contributed by atoms with E-state index in [1.807, 2.05) is 13.0 Å². The lowest BCUT2D eigenvalue weighted by molar-refractivity contribution is -0.145.